The molecule has 58 heavy (non-hydrogen) atoms. The van der Waals surface area contributed by atoms with E-state index in [4.69, 9.17) is 0 Å². The Labute approximate surface area is 348 Å². The van der Waals surface area contributed by atoms with Gasteiger partial charge in [-0.25, -0.2) is 0 Å². The zero-order chi connectivity index (χ0) is 39.1. The van der Waals surface area contributed by atoms with Crippen LogP contribution in [0.5, 0.6) is 0 Å². The normalized spacial score (nSPS) is 18.4. The van der Waals surface area contributed by atoms with Crippen LogP contribution in [-0.4, -0.2) is 0 Å². The number of nitrogens with zero attached hydrogens (tertiary/aromatic N) is 1. The fourth-order valence-electron chi connectivity index (χ4n) is 11.5. The van der Waals surface area contributed by atoms with Crippen LogP contribution in [0, 0.1) is 0 Å². The summed E-state index contributed by atoms with van der Waals surface area (Å²) in [6.45, 7) is 4.80. The van der Waals surface area contributed by atoms with Gasteiger partial charge >= 0.3 is 0 Å². The highest BCUT2D eigenvalue weighted by atomic mass is 15.1. The van der Waals surface area contributed by atoms with Crippen LogP contribution in [0.3, 0.4) is 0 Å². The molecular formula is C57H61N. The lowest BCUT2D eigenvalue weighted by Gasteiger charge is -2.30. The second-order valence-electron chi connectivity index (χ2n) is 18.8. The summed E-state index contributed by atoms with van der Waals surface area (Å²) in [7, 11) is 0. The van der Waals surface area contributed by atoms with Crippen LogP contribution in [0.15, 0.2) is 133 Å². The first-order valence-electron chi connectivity index (χ1n) is 23.0. The van der Waals surface area contributed by atoms with Crippen molar-refractivity contribution in [3.05, 3.63) is 161 Å². The maximum atomic E-state index is 2.55. The van der Waals surface area contributed by atoms with E-state index in [1.54, 1.807) is 0 Å². The number of hydrogen-bond donors (Lipinski definition) is 0. The largest absolute Gasteiger partial charge is 0.310 e. The molecule has 0 spiro atoms. The summed E-state index contributed by atoms with van der Waals surface area (Å²) in [5.74, 6) is 2.09. The molecule has 0 aliphatic heterocycles. The Balaban J connectivity index is 1.11. The molecule has 0 atom stereocenters. The molecule has 4 aliphatic carbocycles. The minimum absolute atomic E-state index is 0.0778. The van der Waals surface area contributed by atoms with Crippen molar-refractivity contribution in [1.82, 2.24) is 0 Å². The smallest absolute Gasteiger partial charge is 0.0473 e. The van der Waals surface area contributed by atoms with Gasteiger partial charge in [-0.1, -0.05) is 163 Å². The lowest BCUT2D eigenvalue weighted by atomic mass is 9.82. The average molecular weight is 760 g/mol. The number of rotatable bonds is 8. The van der Waals surface area contributed by atoms with Gasteiger partial charge in [0.25, 0.3) is 0 Å². The van der Waals surface area contributed by atoms with E-state index in [1.807, 2.05) is 0 Å². The van der Waals surface area contributed by atoms with Crippen molar-refractivity contribution in [2.24, 2.45) is 0 Å². The van der Waals surface area contributed by atoms with Gasteiger partial charge < -0.3 is 4.90 Å². The van der Waals surface area contributed by atoms with Crippen LogP contribution >= 0.6 is 0 Å². The zero-order valence-corrected chi connectivity index (χ0v) is 35.0. The van der Waals surface area contributed by atoms with E-state index in [0.29, 0.717) is 17.8 Å². The molecule has 0 aromatic heterocycles. The van der Waals surface area contributed by atoms with E-state index < -0.39 is 0 Å². The highest BCUT2D eigenvalue weighted by Gasteiger charge is 2.36. The van der Waals surface area contributed by atoms with Gasteiger partial charge in [-0.05, 0) is 160 Å². The van der Waals surface area contributed by atoms with Gasteiger partial charge in [-0.2, -0.15) is 0 Å². The lowest BCUT2D eigenvalue weighted by Crippen LogP contribution is -2.16. The summed E-state index contributed by atoms with van der Waals surface area (Å²) >= 11 is 0. The SMILES string of the molecule is CC1(C)c2ccccc2-c2ccc(N(c3ccc(C4CCCCC4)cc3)c3cc(-c4ccc(C5CCCCC5)cc4)cc(-c4ccc(C5CCCCC5)cc4)c3)cc21. The standard InChI is InChI=1S/C57H61N/c1-57(2)55-21-13-12-20-53(55)54-35-34-51(39-56(54)57)58(50-32-30-45(31-33-50)42-18-10-5-11-19-42)52-37-48(46-26-22-43(23-27-46)40-14-6-3-7-15-40)36-49(38-52)47-28-24-44(25-29-47)41-16-8-4-9-17-41/h12-13,20-42H,3-11,14-19H2,1-2H3. The van der Waals surface area contributed by atoms with Crippen molar-refractivity contribution in [3.63, 3.8) is 0 Å². The Hall–Kier alpha value is -4.88. The van der Waals surface area contributed by atoms with E-state index in [9.17, 15) is 0 Å². The third-order valence-corrected chi connectivity index (χ3v) is 14.9. The van der Waals surface area contributed by atoms with Gasteiger partial charge in [0.15, 0.2) is 0 Å². The van der Waals surface area contributed by atoms with Crippen molar-refractivity contribution >= 4 is 17.1 Å². The first-order chi connectivity index (χ1) is 28.5. The third kappa shape index (κ3) is 7.25. The van der Waals surface area contributed by atoms with Crippen molar-refractivity contribution in [3.8, 4) is 33.4 Å². The molecular weight excluding hydrogens is 699 g/mol. The molecule has 3 saturated carbocycles. The predicted molar refractivity (Wildman–Crippen MR) is 247 cm³/mol. The molecule has 0 bridgehead atoms. The molecule has 0 radical (unpaired) electrons. The summed E-state index contributed by atoms with van der Waals surface area (Å²) in [4.78, 5) is 2.55. The average Bonchev–Trinajstić information content (AvgIpc) is 3.53. The third-order valence-electron chi connectivity index (χ3n) is 14.9. The molecule has 1 heteroatoms. The summed E-state index contributed by atoms with van der Waals surface area (Å²) in [6.07, 6.45) is 20.2. The van der Waals surface area contributed by atoms with Crippen molar-refractivity contribution < 1.29 is 0 Å². The second-order valence-corrected chi connectivity index (χ2v) is 18.8. The first kappa shape index (κ1) is 37.4. The zero-order valence-electron chi connectivity index (χ0n) is 35.0. The van der Waals surface area contributed by atoms with E-state index in [1.165, 1.54) is 175 Å². The van der Waals surface area contributed by atoms with Crippen molar-refractivity contribution in [2.45, 2.75) is 133 Å². The van der Waals surface area contributed by atoms with Crippen molar-refractivity contribution in [2.75, 3.05) is 4.90 Å². The number of hydrogen-bond acceptors (Lipinski definition) is 1. The Morgan fingerprint density at radius 3 is 1.29 bits per heavy atom. The van der Waals surface area contributed by atoms with Gasteiger partial charge in [0.2, 0.25) is 0 Å². The van der Waals surface area contributed by atoms with Crippen LogP contribution in [0.1, 0.15) is 156 Å². The number of fused-ring (bicyclic) bond motifs is 3. The Bertz CT molecular complexity index is 2260. The number of anilines is 3. The van der Waals surface area contributed by atoms with Crippen LogP contribution < -0.4 is 4.90 Å². The fourth-order valence-corrected chi connectivity index (χ4v) is 11.5. The Morgan fingerprint density at radius 1 is 0.362 bits per heavy atom. The molecule has 0 unspecified atom stereocenters. The quantitative estimate of drug-likeness (QED) is 0.149. The molecule has 0 amide bonds. The maximum absolute atomic E-state index is 2.55. The molecule has 10 rings (SSSR count). The summed E-state index contributed by atoms with van der Waals surface area (Å²) in [5, 5.41) is 0. The van der Waals surface area contributed by atoms with Crippen LogP contribution in [-0.2, 0) is 5.41 Å². The topological polar surface area (TPSA) is 3.24 Å². The van der Waals surface area contributed by atoms with Gasteiger partial charge in [0, 0.05) is 22.5 Å². The minimum atomic E-state index is -0.0778. The van der Waals surface area contributed by atoms with E-state index in [0.717, 1.165) is 0 Å². The first-order valence-corrected chi connectivity index (χ1v) is 23.0. The van der Waals surface area contributed by atoms with Crippen molar-refractivity contribution in [1.29, 1.82) is 0 Å². The lowest BCUT2D eigenvalue weighted by molar-refractivity contribution is 0.443. The van der Waals surface area contributed by atoms with Crippen LogP contribution in [0.2, 0.25) is 0 Å². The maximum Gasteiger partial charge on any atom is 0.0473 e. The highest BCUT2D eigenvalue weighted by molar-refractivity contribution is 5.88. The van der Waals surface area contributed by atoms with Gasteiger partial charge in [-0.15, -0.1) is 0 Å². The Kier molecular flexibility index (Phi) is 10.3. The molecule has 3 fully saturated rings. The summed E-state index contributed by atoms with van der Waals surface area (Å²) < 4.78 is 0. The molecule has 6 aromatic carbocycles. The van der Waals surface area contributed by atoms with Gasteiger partial charge in [-0.3, -0.25) is 0 Å². The van der Waals surface area contributed by atoms with Gasteiger partial charge in [0.05, 0.1) is 0 Å². The molecule has 1 nitrogen and oxygen atoms in total. The molecule has 0 heterocycles. The van der Waals surface area contributed by atoms with Crippen LogP contribution in [0.4, 0.5) is 17.1 Å². The minimum Gasteiger partial charge on any atom is -0.310 e. The monoisotopic (exact) mass is 759 g/mol. The Morgan fingerprint density at radius 2 is 0.793 bits per heavy atom. The second kappa shape index (κ2) is 16.1. The van der Waals surface area contributed by atoms with Gasteiger partial charge in [0.1, 0.15) is 0 Å². The fraction of sp³-hybridized carbons (Fsp3) is 0.368. The summed E-state index contributed by atoms with van der Waals surface area (Å²) in [6, 6.07) is 52.6. The summed E-state index contributed by atoms with van der Waals surface area (Å²) in [5.41, 5.74) is 18.8. The highest BCUT2D eigenvalue weighted by Crippen LogP contribution is 2.51. The molecule has 4 aliphatic rings. The molecule has 0 saturated heterocycles. The van der Waals surface area contributed by atoms with E-state index >= 15 is 0 Å². The van der Waals surface area contributed by atoms with E-state index in [2.05, 4.69) is 152 Å². The molecule has 0 N–H and O–H groups in total. The molecule has 294 valence electrons. The number of benzene rings is 6. The van der Waals surface area contributed by atoms with Crippen LogP contribution in [0.25, 0.3) is 33.4 Å². The predicted octanol–water partition coefficient (Wildman–Crippen LogP) is 16.9. The van der Waals surface area contributed by atoms with E-state index in [-0.39, 0.29) is 5.41 Å². The molecule has 6 aromatic rings.